The van der Waals surface area contributed by atoms with Crippen molar-refractivity contribution in [2.24, 2.45) is 17.8 Å². The molecule has 4 atom stereocenters. The van der Waals surface area contributed by atoms with Crippen molar-refractivity contribution >= 4 is 0 Å². The molecule has 0 radical (unpaired) electrons. The Morgan fingerprint density at radius 1 is 1.08 bits per heavy atom. The van der Waals surface area contributed by atoms with Crippen LogP contribution in [0.5, 0.6) is 0 Å². The maximum absolute atomic E-state index is 10.5. The lowest BCUT2D eigenvalue weighted by Gasteiger charge is -2.28. The Labute approximate surface area is 156 Å². The molecule has 0 aliphatic heterocycles. The van der Waals surface area contributed by atoms with E-state index in [1.165, 1.54) is 44.9 Å². The van der Waals surface area contributed by atoms with Gasteiger partial charge in [0.25, 0.3) is 0 Å². The number of aromatic nitrogens is 2. The van der Waals surface area contributed by atoms with Crippen LogP contribution in [0, 0.1) is 17.8 Å². The number of nitrogens with zero attached hydrogens (tertiary/aromatic N) is 2. The summed E-state index contributed by atoms with van der Waals surface area (Å²) in [5.41, 5.74) is 1.06. The molecule has 3 aliphatic carbocycles. The van der Waals surface area contributed by atoms with Gasteiger partial charge in [0.2, 0.25) is 0 Å². The second-order valence-corrected chi connectivity index (χ2v) is 8.72. The molecule has 0 amide bonds. The van der Waals surface area contributed by atoms with Gasteiger partial charge in [-0.3, -0.25) is 0 Å². The highest BCUT2D eigenvalue weighted by molar-refractivity contribution is 5.12. The third-order valence-electron chi connectivity index (χ3n) is 6.78. The SMILES string of the molecule is OCC1C(O)CC(NCC2CCCCC2)C1Cc1ccnc(C2CC2)n1. The summed E-state index contributed by atoms with van der Waals surface area (Å²) in [5, 5.41) is 24.1. The minimum atomic E-state index is -0.418. The Kier molecular flexibility index (Phi) is 5.87. The van der Waals surface area contributed by atoms with Gasteiger partial charge in [-0.05, 0) is 63.0 Å². The van der Waals surface area contributed by atoms with Crippen molar-refractivity contribution < 1.29 is 10.2 Å². The maximum atomic E-state index is 10.5. The van der Waals surface area contributed by atoms with Crippen molar-refractivity contribution in [2.75, 3.05) is 13.2 Å². The summed E-state index contributed by atoms with van der Waals surface area (Å²) in [7, 11) is 0. The second-order valence-electron chi connectivity index (χ2n) is 8.72. The molecule has 0 spiro atoms. The monoisotopic (exact) mass is 359 g/mol. The summed E-state index contributed by atoms with van der Waals surface area (Å²) < 4.78 is 0. The lowest BCUT2D eigenvalue weighted by atomic mass is 9.87. The van der Waals surface area contributed by atoms with E-state index in [9.17, 15) is 10.2 Å². The molecule has 1 aromatic rings. The number of hydrogen-bond acceptors (Lipinski definition) is 5. The van der Waals surface area contributed by atoms with Crippen LogP contribution in [0.2, 0.25) is 0 Å². The number of nitrogens with one attached hydrogen (secondary N) is 1. The second kappa shape index (κ2) is 8.32. The molecule has 3 aliphatic rings. The number of aliphatic hydroxyl groups is 2. The summed E-state index contributed by atoms with van der Waals surface area (Å²) >= 11 is 0. The Morgan fingerprint density at radius 2 is 1.88 bits per heavy atom. The highest BCUT2D eigenvalue weighted by atomic mass is 16.3. The van der Waals surface area contributed by atoms with E-state index in [0.29, 0.717) is 5.92 Å². The fourth-order valence-corrected chi connectivity index (χ4v) is 4.99. The standard InChI is InChI=1S/C21H33N3O2/c25-13-18-17(10-16-8-9-22-21(24-16)15-6-7-15)19(11-20(18)26)23-12-14-4-2-1-3-5-14/h8-9,14-15,17-20,23,25-26H,1-7,10-13H2. The van der Waals surface area contributed by atoms with Crippen molar-refractivity contribution in [3.63, 3.8) is 0 Å². The first-order chi connectivity index (χ1) is 12.7. The molecular weight excluding hydrogens is 326 g/mol. The fourth-order valence-electron chi connectivity index (χ4n) is 4.99. The highest BCUT2D eigenvalue weighted by Gasteiger charge is 2.42. The van der Waals surface area contributed by atoms with E-state index in [4.69, 9.17) is 4.98 Å². The van der Waals surface area contributed by atoms with Gasteiger partial charge < -0.3 is 15.5 Å². The molecule has 0 saturated heterocycles. The molecule has 26 heavy (non-hydrogen) atoms. The topological polar surface area (TPSA) is 78.3 Å². The van der Waals surface area contributed by atoms with E-state index >= 15 is 0 Å². The molecule has 5 nitrogen and oxygen atoms in total. The normalized spacial score (nSPS) is 32.8. The van der Waals surface area contributed by atoms with Crippen molar-refractivity contribution in [3.8, 4) is 0 Å². The molecule has 4 unspecified atom stereocenters. The Bertz CT molecular complexity index is 586. The van der Waals surface area contributed by atoms with Crippen molar-refractivity contribution in [2.45, 2.75) is 75.9 Å². The van der Waals surface area contributed by atoms with Gasteiger partial charge in [0.05, 0.1) is 6.10 Å². The van der Waals surface area contributed by atoms with Crippen LogP contribution in [0.4, 0.5) is 0 Å². The minimum Gasteiger partial charge on any atom is -0.396 e. The smallest absolute Gasteiger partial charge is 0.131 e. The zero-order chi connectivity index (χ0) is 17.9. The van der Waals surface area contributed by atoms with E-state index in [1.54, 1.807) is 0 Å². The maximum Gasteiger partial charge on any atom is 0.131 e. The van der Waals surface area contributed by atoms with Crippen LogP contribution < -0.4 is 5.32 Å². The molecule has 4 rings (SSSR count). The minimum absolute atomic E-state index is 0.0496. The number of rotatable bonds is 7. The summed E-state index contributed by atoms with van der Waals surface area (Å²) in [6.07, 6.45) is 12.2. The Balaban J connectivity index is 1.41. The number of hydrogen-bond donors (Lipinski definition) is 3. The van der Waals surface area contributed by atoms with Crippen LogP contribution in [0.3, 0.4) is 0 Å². The molecule has 1 aromatic heterocycles. The summed E-state index contributed by atoms with van der Waals surface area (Å²) in [6, 6.07) is 2.27. The third kappa shape index (κ3) is 4.26. The Morgan fingerprint density at radius 3 is 2.62 bits per heavy atom. The molecule has 5 heteroatoms. The lowest BCUT2D eigenvalue weighted by molar-refractivity contribution is 0.0715. The van der Waals surface area contributed by atoms with Gasteiger partial charge in [0, 0.05) is 36.4 Å². The van der Waals surface area contributed by atoms with Crippen LogP contribution in [0.1, 0.15) is 68.8 Å². The largest absolute Gasteiger partial charge is 0.396 e. The summed E-state index contributed by atoms with van der Waals surface area (Å²) in [5.74, 6) is 2.49. The lowest BCUT2D eigenvalue weighted by Crippen LogP contribution is -2.39. The van der Waals surface area contributed by atoms with Gasteiger partial charge in [-0.15, -0.1) is 0 Å². The van der Waals surface area contributed by atoms with E-state index in [2.05, 4.69) is 10.3 Å². The average molecular weight is 360 g/mol. The van der Waals surface area contributed by atoms with E-state index in [-0.39, 0.29) is 24.5 Å². The molecule has 0 bridgehead atoms. The van der Waals surface area contributed by atoms with Crippen LogP contribution in [-0.4, -0.2) is 45.5 Å². The van der Waals surface area contributed by atoms with Crippen LogP contribution in [0.15, 0.2) is 12.3 Å². The van der Waals surface area contributed by atoms with Crippen LogP contribution >= 0.6 is 0 Å². The highest BCUT2D eigenvalue weighted by Crippen LogP contribution is 2.39. The van der Waals surface area contributed by atoms with E-state index < -0.39 is 6.10 Å². The summed E-state index contributed by atoms with van der Waals surface area (Å²) in [4.78, 5) is 9.20. The zero-order valence-corrected chi connectivity index (χ0v) is 15.7. The van der Waals surface area contributed by atoms with Gasteiger partial charge in [-0.2, -0.15) is 0 Å². The fraction of sp³-hybridized carbons (Fsp3) is 0.810. The van der Waals surface area contributed by atoms with Crippen molar-refractivity contribution in [1.82, 2.24) is 15.3 Å². The average Bonchev–Trinajstić information content (AvgIpc) is 3.47. The molecular formula is C21H33N3O2. The first-order valence-corrected chi connectivity index (χ1v) is 10.6. The predicted molar refractivity (Wildman–Crippen MR) is 101 cm³/mol. The van der Waals surface area contributed by atoms with Gasteiger partial charge in [-0.1, -0.05) is 19.3 Å². The van der Waals surface area contributed by atoms with Gasteiger partial charge in [0.15, 0.2) is 0 Å². The van der Waals surface area contributed by atoms with E-state index in [1.807, 2.05) is 12.3 Å². The molecule has 144 valence electrons. The van der Waals surface area contributed by atoms with Crippen LogP contribution in [-0.2, 0) is 6.42 Å². The van der Waals surface area contributed by atoms with Gasteiger partial charge >= 0.3 is 0 Å². The van der Waals surface area contributed by atoms with E-state index in [0.717, 1.165) is 36.8 Å². The first kappa shape index (κ1) is 18.3. The Hall–Kier alpha value is -1.04. The van der Waals surface area contributed by atoms with Crippen molar-refractivity contribution in [3.05, 3.63) is 23.8 Å². The van der Waals surface area contributed by atoms with Gasteiger partial charge in [0.1, 0.15) is 5.82 Å². The van der Waals surface area contributed by atoms with Gasteiger partial charge in [-0.25, -0.2) is 9.97 Å². The molecule has 3 N–H and O–H groups in total. The molecule has 3 saturated carbocycles. The quantitative estimate of drug-likeness (QED) is 0.697. The molecule has 0 aromatic carbocycles. The zero-order valence-electron chi connectivity index (χ0n) is 15.7. The molecule has 1 heterocycles. The third-order valence-corrected chi connectivity index (χ3v) is 6.78. The van der Waals surface area contributed by atoms with Crippen molar-refractivity contribution in [1.29, 1.82) is 0 Å². The summed E-state index contributed by atoms with van der Waals surface area (Å²) in [6.45, 7) is 1.09. The molecule has 3 fully saturated rings. The van der Waals surface area contributed by atoms with Crippen LogP contribution in [0.25, 0.3) is 0 Å². The first-order valence-electron chi connectivity index (χ1n) is 10.6. The predicted octanol–water partition coefficient (Wildman–Crippen LogP) is 2.42. The number of aliphatic hydroxyl groups excluding tert-OH is 2.